The molecule has 76 heavy (non-hydrogen) atoms. The van der Waals surface area contributed by atoms with Crippen molar-refractivity contribution in [2.45, 2.75) is 177 Å². The SMILES string of the molecule is CCOP(C)(=O)[C@@H](CO)OC[C@H]1O[C@@H](n2ncc3c(N(C(=O)OC(C)(C)C)C4CCCC4)nc(Cl)nc32)[C@@H]2OC(C)(C)O[C@@H]21.O=P(O)(O)[C@@H](CO)OC[C@H]1O[C@@H](n2ncc3c(NC4CCCC4)nc(Cl)nc32)[C@H](O)[C@@H]1O. The average molecular weight is 1150 g/mol. The molecule has 4 aromatic rings. The number of aliphatic hydroxyl groups is 4. The summed E-state index contributed by atoms with van der Waals surface area (Å²) in [6, 6.07) is 0.145. The van der Waals surface area contributed by atoms with E-state index < -0.39 is 113 Å². The fourth-order valence-electron chi connectivity index (χ4n) is 10.00. The molecule has 4 aromatic heterocycles. The molecule has 0 radical (unpaired) electrons. The Morgan fingerprint density at radius 2 is 1.38 bits per heavy atom. The molecule has 2 aliphatic carbocycles. The van der Waals surface area contributed by atoms with Gasteiger partial charge in [-0.1, -0.05) is 25.7 Å². The highest BCUT2D eigenvalue weighted by molar-refractivity contribution is 7.58. The standard InChI is InChI=1S/C28H43ClN5O9P.C17H25ClN5O8P/c1-8-39-44(7,37)19(14-35)38-15-18-20-21(42-28(5,6)41-20)24(40-18)34-23-17(13-30-34)22(31-25(29)32-23)33(16-11-9-10-12-16)26(36)43-27(2,3)4;18-17-21-14(20-8-3-1-2-4-8)9-5-19-23(15(9)22-17)16-13(26)12(25)10(31-16)7-30-11(6-24)32(27,28)29/h13,16,18-21,24,35H,8-12,14-15H2,1-7H3;5,8,10-13,16,24-26H,1-4,6-7H2,(H,20,21,22)(H2,27,28,29)/t18-,19+,20-,21-,24-,44?;10-,11+,12-,13-,16-/m11/s1. The molecule has 0 aromatic carbocycles. The van der Waals surface area contributed by atoms with Crippen molar-refractivity contribution in [1.29, 1.82) is 0 Å². The van der Waals surface area contributed by atoms with Gasteiger partial charge < -0.3 is 73.2 Å². The average Bonchev–Trinajstić information content (AvgIpc) is 4.21. The van der Waals surface area contributed by atoms with Gasteiger partial charge in [0.15, 0.2) is 47.0 Å². The molecule has 7 heterocycles. The fraction of sp³-hybridized carbons (Fsp3) is 0.756. The topological polar surface area (TPSA) is 349 Å². The Hall–Kier alpha value is -3.31. The monoisotopic (exact) mass is 1150 g/mol. The Labute approximate surface area is 447 Å². The minimum atomic E-state index is -4.72. The van der Waals surface area contributed by atoms with Gasteiger partial charge >= 0.3 is 13.7 Å². The third-order valence-electron chi connectivity index (χ3n) is 13.5. The van der Waals surface area contributed by atoms with Crippen LogP contribution in [-0.2, 0) is 46.8 Å². The first-order valence-corrected chi connectivity index (χ1v) is 29.8. The van der Waals surface area contributed by atoms with E-state index in [1.807, 2.05) is 20.8 Å². The van der Waals surface area contributed by atoms with E-state index >= 15 is 0 Å². The maximum absolute atomic E-state index is 13.5. The van der Waals surface area contributed by atoms with Gasteiger partial charge in [0, 0.05) is 18.7 Å². The molecule has 1 amide bonds. The Morgan fingerprint density at radius 1 is 0.829 bits per heavy atom. The third kappa shape index (κ3) is 13.1. The first-order chi connectivity index (χ1) is 35.8. The highest BCUT2D eigenvalue weighted by Crippen LogP contribution is 2.50. The summed E-state index contributed by atoms with van der Waals surface area (Å²) in [6.07, 6.45) is 2.55. The van der Waals surface area contributed by atoms with Crippen LogP contribution in [0.3, 0.4) is 0 Å². The quantitative estimate of drug-likeness (QED) is 0.0518. The number of hydrogen-bond donors (Lipinski definition) is 7. The molecule has 2 saturated carbocycles. The number of aromatic nitrogens is 8. The molecule has 3 saturated heterocycles. The number of nitrogens with zero attached hydrogens (tertiary/aromatic N) is 9. The maximum atomic E-state index is 13.5. The number of nitrogens with one attached hydrogen (secondary N) is 1. The van der Waals surface area contributed by atoms with Gasteiger partial charge in [0.05, 0.1) is 56.2 Å². The van der Waals surface area contributed by atoms with Crippen molar-refractivity contribution in [3.05, 3.63) is 23.0 Å². The van der Waals surface area contributed by atoms with E-state index in [1.165, 1.54) is 17.5 Å². The Morgan fingerprint density at radius 3 is 2.00 bits per heavy atom. The van der Waals surface area contributed by atoms with Gasteiger partial charge in [-0.2, -0.15) is 30.1 Å². The van der Waals surface area contributed by atoms with Gasteiger partial charge in [-0.15, -0.1) is 0 Å². The number of anilines is 2. The number of amides is 1. The molecular weight excluding hydrogens is 1090 g/mol. The van der Waals surface area contributed by atoms with Crippen LogP contribution in [0.5, 0.6) is 0 Å². The zero-order valence-electron chi connectivity index (χ0n) is 43.1. The minimum absolute atomic E-state index is 0.0277. The van der Waals surface area contributed by atoms with Crippen LogP contribution >= 0.6 is 38.2 Å². The predicted octanol–water partition coefficient (Wildman–Crippen LogP) is 4.83. The molecule has 27 nitrogen and oxygen atoms in total. The summed E-state index contributed by atoms with van der Waals surface area (Å²) in [6.45, 7) is 10.5. The molecule has 11 atom stereocenters. The van der Waals surface area contributed by atoms with E-state index in [0.29, 0.717) is 28.1 Å². The van der Waals surface area contributed by atoms with Gasteiger partial charge in [-0.05, 0) is 90.4 Å². The smallest absolute Gasteiger partial charge is 0.416 e. The van der Waals surface area contributed by atoms with Crippen LogP contribution in [-0.4, -0.2) is 187 Å². The van der Waals surface area contributed by atoms with E-state index in [1.54, 1.807) is 36.5 Å². The number of rotatable bonds is 18. The molecule has 5 fully saturated rings. The van der Waals surface area contributed by atoms with Gasteiger partial charge in [0.2, 0.25) is 17.9 Å². The number of carbonyl (C=O) groups excluding carboxylic acids is 1. The van der Waals surface area contributed by atoms with E-state index in [2.05, 4.69) is 35.5 Å². The number of aliphatic hydroxyl groups excluding tert-OH is 4. The maximum Gasteiger partial charge on any atom is 0.416 e. The van der Waals surface area contributed by atoms with Crippen molar-refractivity contribution in [3.8, 4) is 0 Å². The molecule has 7 N–H and O–H groups in total. The van der Waals surface area contributed by atoms with Crippen LogP contribution in [0, 0.1) is 0 Å². The largest absolute Gasteiger partial charge is 0.443 e. The van der Waals surface area contributed by atoms with Gasteiger partial charge in [0.1, 0.15) is 48.0 Å². The lowest BCUT2D eigenvalue weighted by Gasteiger charge is -2.31. The van der Waals surface area contributed by atoms with Gasteiger partial charge in [-0.25, -0.2) is 14.2 Å². The summed E-state index contributed by atoms with van der Waals surface area (Å²) in [5.41, 5.74) is -0.0900. The second-order valence-electron chi connectivity index (χ2n) is 20.8. The van der Waals surface area contributed by atoms with E-state index in [4.69, 9.17) is 66.0 Å². The normalized spacial score (nSPS) is 27.6. The lowest BCUT2D eigenvalue weighted by atomic mass is 10.1. The lowest BCUT2D eigenvalue weighted by molar-refractivity contribution is -0.203. The second kappa shape index (κ2) is 23.8. The van der Waals surface area contributed by atoms with Gasteiger partial charge in [-0.3, -0.25) is 14.0 Å². The zero-order chi connectivity index (χ0) is 55.1. The van der Waals surface area contributed by atoms with Crippen molar-refractivity contribution in [3.63, 3.8) is 0 Å². The first kappa shape index (κ1) is 58.8. The highest BCUT2D eigenvalue weighted by Gasteiger charge is 2.57. The van der Waals surface area contributed by atoms with E-state index in [-0.39, 0.29) is 41.5 Å². The molecule has 31 heteroatoms. The van der Waals surface area contributed by atoms with Crippen LogP contribution in [0.1, 0.15) is 105 Å². The predicted molar refractivity (Wildman–Crippen MR) is 272 cm³/mol. The number of halogens is 2. The van der Waals surface area contributed by atoms with Crippen molar-refractivity contribution in [2.75, 3.05) is 49.9 Å². The Balaban J connectivity index is 0.000000212. The lowest BCUT2D eigenvalue weighted by Crippen LogP contribution is -2.43. The van der Waals surface area contributed by atoms with Crippen LogP contribution < -0.4 is 10.2 Å². The Bertz CT molecular complexity index is 2760. The summed E-state index contributed by atoms with van der Waals surface area (Å²) >= 11 is 12.6. The second-order valence-corrected chi connectivity index (χ2v) is 25.8. The third-order valence-corrected chi connectivity index (χ3v) is 17.0. The summed E-state index contributed by atoms with van der Waals surface area (Å²) in [4.78, 5) is 50.9. The van der Waals surface area contributed by atoms with Crippen molar-refractivity contribution >= 4 is 78.0 Å². The number of carbonyl (C=O) groups is 1. The molecule has 3 aliphatic heterocycles. The molecule has 5 aliphatic rings. The van der Waals surface area contributed by atoms with Crippen LogP contribution in [0.15, 0.2) is 12.4 Å². The highest BCUT2D eigenvalue weighted by atomic mass is 35.5. The molecule has 1 unspecified atom stereocenters. The van der Waals surface area contributed by atoms with Crippen molar-refractivity contribution in [2.24, 2.45) is 0 Å². The fourth-order valence-corrected chi connectivity index (χ4v) is 12.1. The molecule has 0 bridgehead atoms. The van der Waals surface area contributed by atoms with Crippen LogP contribution in [0.4, 0.5) is 16.4 Å². The van der Waals surface area contributed by atoms with E-state index in [9.17, 15) is 39.0 Å². The Kier molecular flexibility index (Phi) is 18.4. The summed E-state index contributed by atoms with van der Waals surface area (Å²) in [7, 11) is -7.97. The van der Waals surface area contributed by atoms with Crippen molar-refractivity contribution in [1.82, 2.24) is 39.5 Å². The van der Waals surface area contributed by atoms with Crippen LogP contribution in [0.25, 0.3) is 22.1 Å². The number of ether oxygens (including phenoxy) is 7. The number of fused-ring (bicyclic) bond motifs is 3. The molecule has 424 valence electrons. The van der Waals surface area contributed by atoms with Crippen molar-refractivity contribution < 1.29 is 81.8 Å². The summed E-state index contributed by atoms with van der Waals surface area (Å²) in [5, 5.41) is 53.0. The summed E-state index contributed by atoms with van der Waals surface area (Å²) in [5.74, 6) is -2.91. The molecular formula is C45H68Cl2N10O17P2. The first-order valence-electron chi connectivity index (χ1n) is 25.2. The minimum Gasteiger partial charge on any atom is -0.443 e. The van der Waals surface area contributed by atoms with E-state index in [0.717, 1.165) is 51.4 Å². The molecule has 9 rings (SSSR count). The molecule has 0 spiro atoms. The zero-order valence-corrected chi connectivity index (χ0v) is 46.4. The van der Waals surface area contributed by atoms with Crippen LogP contribution in [0.2, 0.25) is 10.6 Å². The number of hydrogen-bond acceptors (Lipinski definition) is 22. The van der Waals surface area contributed by atoms with Gasteiger partial charge in [0.25, 0.3) is 0 Å². The summed E-state index contributed by atoms with van der Waals surface area (Å²) < 4.78 is 73.6.